The lowest BCUT2D eigenvalue weighted by Crippen LogP contribution is -2.36. The number of unbranched alkanes of at least 4 members (excludes halogenated alkanes) is 3. The minimum atomic E-state index is -0.271. The van der Waals surface area contributed by atoms with Crippen LogP contribution < -0.4 is 4.74 Å². The Morgan fingerprint density at radius 1 is 1.13 bits per heavy atom. The number of aromatic hydroxyl groups is 1. The first-order valence-electron chi connectivity index (χ1n) is 12.4. The third kappa shape index (κ3) is 4.73. The van der Waals surface area contributed by atoms with Gasteiger partial charge >= 0.3 is 0 Å². The van der Waals surface area contributed by atoms with Crippen LogP contribution in [-0.4, -0.2) is 10.7 Å². The summed E-state index contributed by atoms with van der Waals surface area (Å²) in [5, 5.41) is 11.2. The molecule has 0 amide bonds. The Hall–Kier alpha value is -1.44. The van der Waals surface area contributed by atoms with E-state index >= 15 is 0 Å². The number of phenolic OH excluding ortho intramolecular Hbond substituents is 1. The molecule has 1 aromatic carbocycles. The molecule has 4 unspecified atom stereocenters. The Kier molecular flexibility index (Phi) is 7.25. The highest BCUT2D eigenvalue weighted by Gasteiger charge is 2.39. The summed E-state index contributed by atoms with van der Waals surface area (Å²) in [4.78, 5) is 0. The second kappa shape index (κ2) is 9.37. The SMILES string of the molecule is CCCCCCC(C)C(C)c1cc(O)c2c(c1)OC(C)(C)C(C)C1=C2CC(C)CC1. The van der Waals surface area contributed by atoms with E-state index in [1.807, 2.05) is 6.07 Å². The highest BCUT2D eigenvalue weighted by Crippen LogP contribution is 2.51. The van der Waals surface area contributed by atoms with Crippen molar-refractivity contribution in [2.24, 2.45) is 17.8 Å². The first-order chi connectivity index (χ1) is 14.2. The summed E-state index contributed by atoms with van der Waals surface area (Å²) < 4.78 is 6.65. The maximum atomic E-state index is 11.2. The molecule has 2 heteroatoms. The number of allylic oxidation sites excluding steroid dienone is 1. The van der Waals surface area contributed by atoms with Gasteiger partial charge in [0, 0.05) is 5.92 Å². The Morgan fingerprint density at radius 2 is 1.87 bits per heavy atom. The van der Waals surface area contributed by atoms with Gasteiger partial charge in [0.15, 0.2) is 0 Å². The Morgan fingerprint density at radius 3 is 2.57 bits per heavy atom. The fourth-order valence-electron chi connectivity index (χ4n) is 5.41. The van der Waals surface area contributed by atoms with Crippen molar-refractivity contribution in [3.63, 3.8) is 0 Å². The quantitative estimate of drug-likeness (QED) is 0.455. The zero-order chi connectivity index (χ0) is 22.1. The number of rotatable bonds is 7. The van der Waals surface area contributed by atoms with Gasteiger partial charge in [-0.2, -0.15) is 0 Å². The lowest BCUT2D eigenvalue weighted by Gasteiger charge is -2.34. The maximum Gasteiger partial charge on any atom is 0.131 e. The van der Waals surface area contributed by atoms with E-state index in [0.717, 1.165) is 24.2 Å². The average molecular weight is 413 g/mol. The van der Waals surface area contributed by atoms with Crippen LogP contribution in [0.3, 0.4) is 0 Å². The van der Waals surface area contributed by atoms with E-state index in [4.69, 9.17) is 4.74 Å². The van der Waals surface area contributed by atoms with Crippen molar-refractivity contribution in [3.05, 3.63) is 28.8 Å². The van der Waals surface area contributed by atoms with Crippen molar-refractivity contribution in [1.82, 2.24) is 0 Å². The summed E-state index contributed by atoms with van der Waals surface area (Å²) in [7, 11) is 0. The standard InChI is InChI=1S/C28H44O2/c1-8-9-10-11-12-19(3)20(4)22-16-25(29)27-24-15-18(2)13-14-23(24)21(5)28(6,7)30-26(27)17-22/h16-21,29H,8-15H2,1-7H3. The molecule has 1 aliphatic carbocycles. The minimum absolute atomic E-state index is 0.271. The van der Waals surface area contributed by atoms with Crippen LogP contribution in [-0.2, 0) is 0 Å². The fraction of sp³-hybridized carbons (Fsp3) is 0.714. The minimum Gasteiger partial charge on any atom is -0.507 e. The molecule has 0 bridgehead atoms. The fourth-order valence-corrected chi connectivity index (χ4v) is 5.41. The molecular weight excluding hydrogens is 368 g/mol. The number of hydrogen-bond acceptors (Lipinski definition) is 2. The highest BCUT2D eigenvalue weighted by molar-refractivity contribution is 5.79. The van der Waals surface area contributed by atoms with Crippen LogP contribution in [0.25, 0.3) is 5.57 Å². The molecule has 1 N–H and O–H groups in total. The number of fused-ring (bicyclic) bond motifs is 2. The van der Waals surface area contributed by atoms with E-state index in [-0.39, 0.29) is 5.60 Å². The molecule has 3 rings (SSSR count). The van der Waals surface area contributed by atoms with Crippen molar-refractivity contribution >= 4 is 5.57 Å². The number of ether oxygens (including phenoxy) is 1. The van der Waals surface area contributed by atoms with Gasteiger partial charge in [-0.1, -0.05) is 72.3 Å². The molecule has 0 radical (unpaired) electrons. The van der Waals surface area contributed by atoms with Gasteiger partial charge in [0.2, 0.25) is 0 Å². The molecule has 2 aliphatic rings. The molecule has 0 saturated carbocycles. The van der Waals surface area contributed by atoms with Gasteiger partial charge in [0.05, 0.1) is 5.56 Å². The molecule has 4 atom stereocenters. The third-order valence-electron chi connectivity index (χ3n) is 8.08. The largest absolute Gasteiger partial charge is 0.507 e. The Balaban J connectivity index is 1.95. The van der Waals surface area contributed by atoms with Gasteiger partial charge in [-0.25, -0.2) is 0 Å². The normalized spacial score (nSPS) is 25.0. The van der Waals surface area contributed by atoms with Crippen molar-refractivity contribution in [2.45, 2.75) is 111 Å². The first kappa shape index (κ1) is 23.2. The molecule has 168 valence electrons. The number of benzene rings is 1. The van der Waals surface area contributed by atoms with E-state index in [1.165, 1.54) is 55.2 Å². The van der Waals surface area contributed by atoms with Gasteiger partial charge in [0.25, 0.3) is 0 Å². The van der Waals surface area contributed by atoms with E-state index in [2.05, 4.69) is 54.5 Å². The molecule has 1 heterocycles. The molecule has 1 aromatic rings. The summed E-state index contributed by atoms with van der Waals surface area (Å²) in [5.74, 6) is 3.33. The molecule has 30 heavy (non-hydrogen) atoms. The zero-order valence-corrected chi connectivity index (χ0v) is 20.5. The van der Waals surface area contributed by atoms with Crippen molar-refractivity contribution in [1.29, 1.82) is 0 Å². The predicted molar refractivity (Wildman–Crippen MR) is 128 cm³/mol. The monoisotopic (exact) mass is 412 g/mol. The number of hydrogen-bond donors (Lipinski definition) is 1. The van der Waals surface area contributed by atoms with E-state index < -0.39 is 0 Å². The molecule has 0 saturated heterocycles. The topological polar surface area (TPSA) is 29.5 Å². The lowest BCUT2D eigenvalue weighted by molar-refractivity contribution is 0.0673. The van der Waals surface area contributed by atoms with Gasteiger partial charge in [-0.3, -0.25) is 0 Å². The molecule has 1 aliphatic heterocycles. The zero-order valence-electron chi connectivity index (χ0n) is 20.5. The van der Waals surface area contributed by atoms with Crippen LogP contribution in [0.15, 0.2) is 17.7 Å². The third-order valence-corrected chi connectivity index (χ3v) is 8.08. The van der Waals surface area contributed by atoms with Crippen LogP contribution in [0.1, 0.15) is 117 Å². The van der Waals surface area contributed by atoms with Crippen molar-refractivity contribution in [3.8, 4) is 11.5 Å². The second-order valence-electron chi connectivity index (χ2n) is 10.8. The van der Waals surface area contributed by atoms with E-state index in [0.29, 0.717) is 29.4 Å². The summed E-state index contributed by atoms with van der Waals surface area (Å²) >= 11 is 0. The van der Waals surface area contributed by atoms with Gasteiger partial charge in [0.1, 0.15) is 17.1 Å². The molecule has 0 spiro atoms. The van der Waals surface area contributed by atoms with Crippen LogP contribution in [0.2, 0.25) is 0 Å². The molecule has 0 fully saturated rings. The van der Waals surface area contributed by atoms with E-state index in [9.17, 15) is 5.11 Å². The smallest absolute Gasteiger partial charge is 0.131 e. The van der Waals surface area contributed by atoms with Crippen LogP contribution in [0.4, 0.5) is 0 Å². The van der Waals surface area contributed by atoms with Crippen LogP contribution in [0, 0.1) is 17.8 Å². The second-order valence-corrected chi connectivity index (χ2v) is 10.8. The van der Waals surface area contributed by atoms with Crippen LogP contribution >= 0.6 is 0 Å². The summed E-state index contributed by atoms with van der Waals surface area (Å²) in [6.45, 7) is 16.0. The average Bonchev–Trinajstić information content (AvgIpc) is 2.77. The van der Waals surface area contributed by atoms with Crippen molar-refractivity contribution < 1.29 is 9.84 Å². The van der Waals surface area contributed by atoms with Gasteiger partial charge in [-0.15, -0.1) is 0 Å². The molecule has 2 nitrogen and oxygen atoms in total. The summed E-state index contributed by atoms with van der Waals surface area (Å²) in [6.07, 6.45) is 9.88. The predicted octanol–water partition coefficient (Wildman–Crippen LogP) is 8.48. The van der Waals surface area contributed by atoms with Gasteiger partial charge in [-0.05, 0) is 74.1 Å². The highest BCUT2D eigenvalue weighted by atomic mass is 16.5. The van der Waals surface area contributed by atoms with Crippen molar-refractivity contribution in [2.75, 3.05) is 0 Å². The first-order valence-corrected chi connectivity index (χ1v) is 12.4. The summed E-state index contributed by atoms with van der Waals surface area (Å²) in [6, 6.07) is 4.27. The Labute approximate surface area is 185 Å². The van der Waals surface area contributed by atoms with E-state index in [1.54, 1.807) is 0 Å². The molecular formula is C28H44O2. The maximum absolute atomic E-state index is 11.2. The summed E-state index contributed by atoms with van der Waals surface area (Å²) in [5.41, 5.74) is 4.77. The Bertz CT molecular complexity index is 773. The van der Waals surface area contributed by atoms with Gasteiger partial charge < -0.3 is 9.84 Å². The molecule has 0 aromatic heterocycles. The van der Waals surface area contributed by atoms with Crippen LogP contribution in [0.5, 0.6) is 11.5 Å². The lowest BCUT2D eigenvalue weighted by atomic mass is 9.74. The number of phenols is 1.